The second-order valence-electron chi connectivity index (χ2n) is 4.76. The Morgan fingerprint density at radius 2 is 2.25 bits per heavy atom. The van der Waals surface area contributed by atoms with Gasteiger partial charge in [0.15, 0.2) is 0 Å². The van der Waals surface area contributed by atoms with Gasteiger partial charge in [-0.25, -0.2) is 0 Å². The molecule has 110 valence electrons. The van der Waals surface area contributed by atoms with E-state index in [-0.39, 0.29) is 6.61 Å². The molecule has 2 N–H and O–H groups in total. The average Bonchev–Trinajstić information content (AvgIpc) is 2.41. The van der Waals surface area contributed by atoms with Gasteiger partial charge in [0.05, 0.1) is 4.47 Å². The van der Waals surface area contributed by atoms with E-state index >= 15 is 0 Å². The molecule has 0 spiro atoms. The van der Waals surface area contributed by atoms with E-state index in [2.05, 4.69) is 27.2 Å². The maximum absolute atomic E-state index is 9.82. The Bertz CT molecular complexity index is 443. The van der Waals surface area contributed by atoms with Crippen molar-refractivity contribution in [3.63, 3.8) is 0 Å². The molecule has 0 heterocycles. The van der Waals surface area contributed by atoms with Crippen molar-refractivity contribution < 1.29 is 9.84 Å². The van der Waals surface area contributed by atoms with E-state index in [1.54, 1.807) is 0 Å². The normalized spacial score (nSPS) is 11.9. The molecule has 1 rings (SSSR count). The van der Waals surface area contributed by atoms with E-state index in [1.807, 2.05) is 25.1 Å². The summed E-state index contributed by atoms with van der Waals surface area (Å²) in [5.41, 5.74) is 1.17. The average molecular weight is 340 g/mol. The molecule has 0 aliphatic rings. The highest BCUT2D eigenvalue weighted by molar-refractivity contribution is 9.10. The Labute approximate surface area is 129 Å². The smallest absolute Gasteiger partial charge is 0.133 e. The highest BCUT2D eigenvalue weighted by atomic mass is 79.9. The molecular formula is C16H22BrNO2. The van der Waals surface area contributed by atoms with Crippen LogP contribution in [0.5, 0.6) is 5.75 Å². The van der Waals surface area contributed by atoms with Crippen molar-refractivity contribution in [3.8, 4) is 18.1 Å². The lowest BCUT2D eigenvalue weighted by Gasteiger charge is -2.14. The first kappa shape index (κ1) is 17.0. The van der Waals surface area contributed by atoms with E-state index in [0.717, 1.165) is 36.0 Å². The van der Waals surface area contributed by atoms with E-state index < -0.39 is 6.10 Å². The standard InChI is InChI=1S/C16H22BrNO2/c1-3-4-5-6-9-18-11-14(19)12-20-16-8-7-13(2)10-15(16)17/h1,7-8,10,14,18-19H,4-6,9,11-12H2,2H3. The van der Waals surface area contributed by atoms with Crippen LogP contribution in [0.25, 0.3) is 0 Å². The Morgan fingerprint density at radius 3 is 2.95 bits per heavy atom. The van der Waals surface area contributed by atoms with Gasteiger partial charge in [0.25, 0.3) is 0 Å². The molecule has 0 aliphatic heterocycles. The van der Waals surface area contributed by atoms with Gasteiger partial charge in [0.1, 0.15) is 18.5 Å². The van der Waals surface area contributed by atoms with Crippen LogP contribution < -0.4 is 10.1 Å². The van der Waals surface area contributed by atoms with Gasteiger partial charge >= 0.3 is 0 Å². The number of unbranched alkanes of at least 4 members (excludes halogenated alkanes) is 2. The number of aliphatic hydroxyl groups excluding tert-OH is 1. The van der Waals surface area contributed by atoms with Gasteiger partial charge in [-0.3, -0.25) is 0 Å². The van der Waals surface area contributed by atoms with Crippen molar-refractivity contribution in [1.82, 2.24) is 5.32 Å². The highest BCUT2D eigenvalue weighted by Gasteiger charge is 2.07. The van der Waals surface area contributed by atoms with E-state index in [0.29, 0.717) is 6.54 Å². The first-order valence-corrected chi connectivity index (χ1v) is 7.64. The fraction of sp³-hybridized carbons (Fsp3) is 0.500. The summed E-state index contributed by atoms with van der Waals surface area (Å²) in [6.07, 6.45) is 7.52. The molecule has 1 aromatic carbocycles. The number of terminal acetylenes is 1. The lowest BCUT2D eigenvalue weighted by Crippen LogP contribution is -2.32. The second kappa shape index (κ2) is 9.82. The summed E-state index contributed by atoms with van der Waals surface area (Å²) >= 11 is 3.45. The van der Waals surface area contributed by atoms with Crippen LogP contribution in [0.15, 0.2) is 22.7 Å². The summed E-state index contributed by atoms with van der Waals surface area (Å²) in [6, 6.07) is 5.88. The fourth-order valence-electron chi connectivity index (χ4n) is 1.71. The van der Waals surface area contributed by atoms with Crippen LogP contribution in [-0.4, -0.2) is 30.9 Å². The predicted molar refractivity (Wildman–Crippen MR) is 85.9 cm³/mol. The molecule has 0 radical (unpaired) electrons. The van der Waals surface area contributed by atoms with Crippen molar-refractivity contribution in [2.24, 2.45) is 0 Å². The number of rotatable bonds is 9. The molecule has 1 atom stereocenters. The number of aliphatic hydroxyl groups is 1. The Morgan fingerprint density at radius 1 is 1.45 bits per heavy atom. The molecule has 0 saturated heterocycles. The molecule has 0 saturated carbocycles. The lowest BCUT2D eigenvalue weighted by molar-refractivity contribution is 0.106. The molecule has 0 bridgehead atoms. The minimum absolute atomic E-state index is 0.277. The van der Waals surface area contributed by atoms with Gasteiger partial charge in [-0.1, -0.05) is 6.07 Å². The monoisotopic (exact) mass is 339 g/mol. The molecule has 4 heteroatoms. The van der Waals surface area contributed by atoms with Crippen LogP contribution in [0.3, 0.4) is 0 Å². The number of halogens is 1. The second-order valence-corrected chi connectivity index (χ2v) is 5.62. The minimum Gasteiger partial charge on any atom is -0.490 e. The van der Waals surface area contributed by atoms with Crippen LogP contribution in [-0.2, 0) is 0 Å². The molecular weight excluding hydrogens is 318 g/mol. The molecule has 0 aliphatic carbocycles. The number of nitrogens with one attached hydrogen (secondary N) is 1. The Hall–Kier alpha value is -1.02. The summed E-state index contributed by atoms with van der Waals surface area (Å²) in [5, 5.41) is 13.0. The predicted octanol–water partition coefficient (Wildman–Crippen LogP) is 2.89. The number of hydrogen-bond donors (Lipinski definition) is 2. The van der Waals surface area contributed by atoms with Gasteiger partial charge in [-0.05, 0) is 59.9 Å². The van der Waals surface area contributed by atoms with Crippen LogP contribution in [0.1, 0.15) is 24.8 Å². The van der Waals surface area contributed by atoms with E-state index in [4.69, 9.17) is 11.2 Å². The first-order chi connectivity index (χ1) is 9.63. The molecule has 3 nitrogen and oxygen atoms in total. The quantitative estimate of drug-likeness (QED) is 0.537. The fourth-order valence-corrected chi connectivity index (χ4v) is 2.32. The van der Waals surface area contributed by atoms with Crippen molar-refractivity contribution in [3.05, 3.63) is 28.2 Å². The highest BCUT2D eigenvalue weighted by Crippen LogP contribution is 2.25. The molecule has 0 amide bonds. The lowest BCUT2D eigenvalue weighted by atomic mass is 10.2. The molecule has 1 aromatic rings. The van der Waals surface area contributed by atoms with Crippen LogP contribution in [0, 0.1) is 19.3 Å². The molecule has 0 aromatic heterocycles. The van der Waals surface area contributed by atoms with Gasteiger partial charge in [-0.2, -0.15) is 0 Å². The van der Waals surface area contributed by atoms with Crippen LogP contribution in [0.4, 0.5) is 0 Å². The maximum Gasteiger partial charge on any atom is 0.133 e. The minimum atomic E-state index is -0.518. The van der Waals surface area contributed by atoms with Gasteiger partial charge in [0.2, 0.25) is 0 Å². The van der Waals surface area contributed by atoms with Gasteiger partial charge in [-0.15, -0.1) is 12.3 Å². The third-order valence-electron chi connectivity index (χ3n) is 2.82. The number of benzene rings is 1. The zero-order chi connectivity index (χ0) is 14.8. The molecule has 20 heavy (non-hydrogen) atoms. The number of hydrogen-bond acceptors (Lipinski definition) is 3. The van der Waals surface area contributed by atoms with E-state index in [1.165, 1.54) is 5.56 Å². The Kier molecular flexibility index (Phi) is 8.36. The van der Waals surface area contributed by atoms with Crippen LogP contribution in [0.2, 0.25) is 0 Å². The van der Waals surface area contributed by atoms with Crippen molar-refractivity contribution >= 4 is 15.9 Å². The SMILES string of the molecule is C#CCCCCNCC(O)COc1ccc(C)cc1Br. The Balaban J connectivity index is 2.16. The summed E-state index contributed by atoms with van der Waals surface area (Å²) in [4.78, 5) is 0. The van der Waals surface area contributed by atoms with Crippen molar-refractivity contribution in [2.75, 3.05) is 19.7 Å². The van der Waals surface area contributed by atoms with Crippen molar-refractivity contribution in [1.29, 1.82) is 0 Å². The third-order valence-corrected chi connectivity index (χ3v) is 3.44. The van der Waals surface area contributed by atoms with Crippen LogP contribution >= 0.6 is 15.9 Å². The zero-order valence-electron chi connectivity index (χ0n) is 11.9. The summed E-state index contributed by atoms with van der Waals surface area (Å²) < 4.78 is 6.49. The third kappa shape index (κ3) is 6.95. The van der Waals surface area contributed by atoms with Gasteiger partial charge in [0, 0.05) is 13.0 Å². The largest absolute Gasteiger partial charge is 0.490 e. The van der Waals surface area contributed by atoms with Gasteiger partial charge < -0.3 is 15.2 Å². The number of ether oxygens (including phenoxy) is 1. The first-order valence-electron chi connectivity index (χ1n) is 6.84. The summed E-state index contributed by atoms with van der Waals surface area (Å²) in [7, 11) is 0. The van der Waals surface area contributed by atoms with E-state index in [9.17, 15) is 5.11 Å². The van der Waals surface area contributed by atoms with Crippen molar-refractivity contribution in [2.45, 2.75) is 32.3 Å². The number of aryl methyl sites for hydroxylation is 1. The topological polar surface area (TPSA) is 41.5 Å². The maximum atomic E-state index is 9.82. The summed E-state index contributed by atoms with van der Waals surface area (Å²) in [6.45, 7) is 3.69. The molecule has 1 unspecified atom stereocenters. The summed E-state index contributed by atoms with van der Waals surface area (Å²) in [5.74, 6) is 3.37. The molecule has 0 fully saturated rings. The zero-order valence-corrected chi connectivity index (χ0v) is 13.4.